The van der Waals surface area contributed by atoms with Crippen LogP contribution in [0, 0.1) is 13.8 Å². The Hall–Kier alpha value is -1.02. The Balaban J connectivity index is 1.95. The third-order valence-electron chi connectivity index (χ3n) is 4.09. The number of hydrogen-bond donors (Lipinski definition) is 1. The Labute approximate surface area is 117 Å². The smallest absolute Gasteiger partial charge is 0.124 e. The maximum atomic E-state index is 5.79. The summed E-state index contributed by atoms with van der Waals surface area (Å²) < 4.78 is 5.79. The van der Waals surface area contributed by atoms with E-state index < -0.39 is 0 Å². The number of benzene rings is 1. The van der Waals surface area contributed by atoms with Gasteiger partial charge in [0.1, 0.15) is 5.75 Å². The number of nitrogens with one attached hydrogen (secondary N) is 1. The first-order valence-corrected chi connectivity index (χ1v) is 7.69. The van der Waals surface area contributed by atoms with E-state index in [1.54, 1.807) is 0 Å². The molecule has 0 bridgehead atoms. The molecule has 0 fully saturated rings. The summed E-state index contributed by atoms with van der Waals surface area (Å²) in [6, 6.07) is 4.97. The molecule has 0 spiro atoms. The fourth-order valence-electron chi connectivity index (χ4n) is 2.69. The first-order chi connectivity index (χ1) is 9.22. The van der Waals surface area contributed by atoms with E-state index in [1.165, 1.54) is 42.4 Å². The molecule has 1 atom stereocenters. The quantitative estimate of drug-likeness (QED) is 0.771. The second-order valence-corrected chi connectivity index (χ2v) is 5.68. The van der Waals surface area contributed by atoms with E-state index in [0.29, 0.717) is 6.04 Å². The molecule has 1 aromatic carbocycles. The van der Waals surface area contributed by atoms with Crippen LogP contribution in [0.25, 0.3) is 0 Å². The van der Waals surface area contributed by atoms with Gasteiger partial charge in [-0.1, -0.05) is 32.3 Å². The Morgan fingerprint density at radius 2 is 1.95 bits per heavy atom. The van der Waals surface area contributed by atoms with Gasteiger partial charge in [-0.2, -0.15) is 0 Å². The zero-order chi connectivity index (χ0) is 13.7. The van der Waals surface area contributed by atoms with Crippen molar-refractivity contribution in [3.63, 3.8) is 0 Å². The Morgan fingerprint density at radius 1 is 1.16 bits per heavy atom. The molecule has 0 amide bonds. The minimum Gasteiger partial charge on any atom is -0.493 e. The molecule has 0 aromatic heterocycles. The van der Waals surface area contributed by atoms with Gasteiger partial charge in [-0.25, -0.2) is 0 Å². The average Bonchev–Trinajstić information content (AvgIpc) is 2.40. The lowest BCUT2D eigenvalue weighted by molar-refractivity contribution is 0.252. The summed E-state index contributed by atoms with van der Waals surface area (Å²) >= 11 is 0. The van der Waals surface area contributed by atoms with Gasteiger partial charge < -0.3 is 10.1 Å². The summed E-state index contributed by atoms with van der Waals surface area (Å²) in [6.07, 6.45) is 6.37. The minimum absolute atomic E-state index is 0.477. The first-order valence-electron chi connectivity index (χ1n) is 7.69. The Morgan fingerprint density at radius 3 is 2.74 bits per heavy atom. The minimum atomic E-state index is 0.477. The van der Waals surface area contributed by atoms with Crippen LogP contribution < -0.4 is 10.1 Å². The lowest BCUT2D eigenvalue weighted by atomic mass is 9.96. The van der Waals surface area contributed by atoms with Gasteiger partial charge in [0.05, 0.1) is 6.61 Å². The van der Waals surface area contributed by atoms with Crippen molar-refractivity contribution in [3.8, 4) is 5.75 Å². The van der Waals surface area contributed by atoms with Gasteiger partial charge in [0, 0.05) is 18.0 Å². The topological polar surface area (TPSA) is 21.3 Å². The normalized spacial score (nSPS) is 17.9. The highest BCUT2D eigenvalue weighted by molar-refractivity contribution is 5.44. The number of fused-ring (bicyclic) bond motifs is 1. The number of rotatable bonds is 6. The molecule has 0 saturated carbocycles. The van der Waals surface area contributed by atoms with Crippen molar-refractivity contribution < 1.29 is 4.74 Å². The third-order valence-corrected chi connectivity index (χ3v) is 4.09. The lowest BCUT2D eigenvalue weighted by Crippen LogP contribution is -2.28. The zero-order valence-electron chi connectivity index (χ0n) is 12.6. The van der Waals surface area contributed by atoms with Gasteiger partial charge in [-0.3, -0.25) is 0 Å². The molecule has 1 heterocycles. The monoisotopic (exact) mass is 261 g/mol. The summed E-state index contributed by atoms with van der Waals surface area (Å²) in [6.45, 7) is 8.55. The summed E-state index contributed by atoms with van der Waals surface area (Å²) in [7, 11) is 0. The SMILES string of the molecule is CCCCCCNC1CCOc2cc(C)c(C)cc21. The van der Waals surface area contributed by atoms with Gasteiger partial charge in [0.15, 0.2) is 0 Å². The largest absolute Gasteiger partial charge is 0.493 e. The molecule has 0 radical (unpaired) electrons. The van der Waals surface area contributed by atoms with E-state index in [2.05, 4.69) is 38.2 Å². The maximum Gasteiger partial charge on any atom is 0.124 e. The Bertz CT molecular complexity index is 414. The Kier molecular flexibility index (Phi) is 5.26. The second-order valence-electron chi connectivity index (χ2n) is 5.68. The fourth-order valence-corrected chi connectivity index (χ4v) is 2.69. The molecule has 2 heteroatoms. The van der Waals surface area contributed by atoms with Crippen molar-refractivity contribution in [2.45, 2.75) is 58.9 Å². The highest BCUT2D eigenvalue weighted by atomic mass is 16.5. The van der Waals surface area contributed by atoms with Gasteiger partial charge in [-0.05, 0) is 44.0 Å². The molecule has 106 valence electrons. The highest BCUT2D eigenvalue weighted by Gasteiger charge is 2.21. The summed E-state index contributed by atoms with van der Waals surface area (Å²) in [4.78, 5) is 0. The number of unbranched alkanes of at least 4 members (excludes halogenated alkanes) is 3. The molecule has 1 unspecified atom stereocenters. The van der Waals surface area contributed by atoms with Crippen molar-refractivity contribution in [2.24, 2.45) is 0 Å². The molecule has 2 rings (SSSR count). The van der Waals surface area contributed by atoms with E-state index in [0.717, 1.165) is 25.3 Å². The van der Waals surface area contributed by atoms with Gasteiger partial charge in [0.2, 0.25) is 0 Å². The standard InChI is InChI=1S/C17H27NO/c1-4-5-6-7-9-18-16-8-10-19-17-12-14(3)13(2)11-15(16)17/h11-12,16,18H,4-10H2,1-3H3. The molecule has 0 saturated heterocycles. The van der Waals surface area contributed by atoms with Crippen molar-refractivity contribution in [3.05, 3.63) is 28.8 Å². The predicted octanol–water partition coefficient (Wildman–Crippen LogP) is 4.30. The zero-order valence-corrected chi connectivity index (χ0v) is 12.6. The molecule has 1 aliphatic rings. The summed E-state index contributed by atoms with van der Waals surface area (Å²) in [5, 5.41) is 3.70. The first kappa shape index (κ1) is 14.4. The van der Waals surface area contributed by atoms with Crippen molar-refractivity contribution in [1.29, 1.82) is 0 Å². The van der Waals surface area contributed by atoms with Crippen molar-refractivity contribution in [1.82, 2.24) is 5.32 Å². The van der Waals surface area contributed by atoms with Gasteiger partial charge in [0.25, 0.3) is 0 Å². The molecule has 1 N–H and O–H groups in total. The number of ether oxygens (including phenoxy) is 1. The van der Waals surface area contributed by atoms with Crippen LogP contribution in [0.2, 0.25) is 0 Å². The molecule has 1 aromatic rings. The van der Waals surface area contributed by atoms with Crippen LogP contribution >= 0.6 is 0 Å². The van der Waals surface area contributed by atoms with E-state index in [-0.39, 0.29) is 0 Å². The van der Waals surface area contributed by atoms with Crippen LogP contribution in [0.1, 0.15) is 61.8 Å². The van der Waals surface area contributed by atoms with Crippen molar-refractivity contribution in [2.75, 3.05) is 13.2 Å². The molecule has 1 aliphatic heterocycles. The van der Waals surface area contributed by atoms with Gasteiger partial charge in [-0.15, -0.1) is 0 Å². The summed E-state index contributed by atoms with van der Waals surface area (Å²) in [5.41, 5.74) is 4.04. The van der Waals surface area contributed by atoms with E-state index in [1.807, 2.05) is 0 Å². The van der Waals surface area contributed by atoms with Crippen LogP contribution in [0.3, 0.4) is 0 Å². The molecular weight excluding hydrogens is 234 g/mol. The highest BCUT2D eigenvalue weighted by Crippen LogP contribution is 2.34. The lowest BCUT2D eigenvalue weighted by Gasteiger charge is -2.28. The summed E-state index contributed by atoms with van der Waals surface area (Å²) in [5.74, 6) is 1.08. The molecule has 2 nitrogen and oxygen atoms in total. The fraction of sp³-hybridized carbons (Fsp3) is 0.647. The molecule has 0 aliphatic carbocycles. The van der Waals surface area contributed by atoms with Crippen LogP contribution in [-0.4, -0.2) is 13.2 Å². The van der Waals surface area contributed by atoms with Crippen LogP contribution in [0.15, 0.2) is 12.1 Å². The number of aryl methyl sites for hydroxylation is 2. The van der Waals surface area contributed by atoms with Crippen LogP contribution in [0.5, 0.6) is 5.75 Å². The van der Waals surface area contributed by atoms with E-state index in [4.69, 9.17) is 4.74 Å². The molecular formula is C17H27NO. The maximum absolute atomic E-state index is 5.79. The van der Waals surface area contributed by atoms with Crippen LogP contribution in [-0.2, 0) is 0 Å². The predicted molar refractivity (Wildman–Crippen MR) is 80.9 cm³/mol. The third kappa shape index (κ3) is 3.73. The van der Waals surface area contributed by atoms with Crippen LogP contribution in [0.4, 0.5) is 0 Å². The molecule has 19 heavy (non-hydrogen) atoms. The van der Waals surface area contributed by atoms with E-state index >= 15 is 0 Å². The van der Waals surface area contributed by atoms with Gasteiger partial charge >= 0.3 is 0 Å². The van der Waals surface area contributed by atoms with Crippen molar-refractivity contribution >= 4 is 0 Å². The van der Waals surface area contributed by atoms with E-state index in [9.17, 15) is 0 Å². The second kappa shape index (κ2) is 6.95. The number of hydrogen-bond acceptors (Lipinski definition) is 2. The average molecular weight is 261 g/mol.